The molecule has 0 saturated heterocycles. The van der Waals surface area contributed by atoms with E-state index in [1.807, 2.05) is 30.3 Å². The van der Waals surface area contributed by atoms with Crippen LogP contribution in [0.15, 0.2) is 48.5 Å². The van der Waals surface area contributed by atoms with E-state index in [0.717, 1.165) is 5.56 Å². The van der Waals surface area contributed by atoms with Crippen LogP contribution in [0, 0.1) is 0 Å². The van der Waals surface area contributed by atoms with E-state index in [0.29, 0.717) is 23.7 Å². The Morgan fingerprint density at radius 3 is 2.48 bits per heavy atom. The lowest BCUT2D eigenvalue weighted by Gasteiger charge is -2.16. The molecule has 0 atom stereocenters. The van der Waals surface area contributed by atoms with Gasteiger partial charge < -0.3 is 20.5 Å². The molecule has 0 fully saturated rings. The van der Waals surface area contributed by atoms with Crippen LogP contribution in [0.3, 0.4) is 0 Å². The van der Waals surface area contributed by atoms with Gasteiger partial charge in [-0.3, -0.25) is 9.59 Å². The molecule has 2 aromatic carbocycles. The smallest absolute Gasteiger partial charge is 0.322 e. The number of carbonyl (C=O) groups excluding carboxylic acids is 1. The highest BCUT2D eigenvalue weighted by atomic mass is 16.5. The molecule has 0 aliphatic heterocycles. The van der Waals surface area contributed by atoms with Gasteiger partial charge in [-0.1, -0.05) is 36.4 Å². The molecule has 0 unspecified atom stereocenters. The fourth-order valence-corrected chi connectivity index (χ4v) is 2.01. The van der Waals surface area contributed by atoms with E-state index in [-0.39, 0.29) is 12.5 Å². The molecule has 0 aliphatic rings. The molecule has 0 aliphatic carbocycles. The molecule has 0 aromatic heterocycles. The maximum absolute atomic E-state index is 11.4. The van der Waals surface area contributed by atoms with E-state index in [2.05, 4.69) is 10.6 Å². The molecule has 0 saturated carbocycles. The Balaban J connectivity index is 2.20. The number of para-hydroxylation sites is 1. The number of benzene rings is 2. The molecule has 6 heteroatoms. The van der Waals surface area contributed by atoms with E-state index in [4.69, 9.17) is 9.84 Å². The lowest BCUT2D eigenvalue weighted by Crippen LogP contribution is -2.15. The third kappa shape index (κ3) is 5.03. The predicted octanol–water partition coefficient (Wildman–Crippen LogP) is 2.72. The number of carboxylic acid groups (broad SMARTS) is 1. The Labute approximate surface area is 134 Å². The molecule has 120 valence electrons. The van der Waals surface area contributed by atoms with Crippen molar-refractivity contribution in [2.24, 2.45) is 0 Å². The lowest BCUT2D eigenvalue weighted by molar-refractivity contribution is -0.134. The van der Waals surface area contributed by atoms with Crippen molar-refractivity contribution in [3.05, 3.63) is 54.1 Å². The minimum Gasteiger partial charge on any atom is -0.487 e. The number of ether oxygens (including phenoxy) is 1. The highest BCUT2D eigenvalue weighted by molar-refractivity contribution is 5.95. The van der Waals surface area contributed by atoms with Crippen LogP contribution in [0.1, 0.15) is 12.5 Å². The minimum atomic E-state index is -0.991. The van der Waals surface area contributed by atoms with Crippen molar-refractivity contribution in [1.82, 2.24) is 0 Å². The van der Waals surface area contributed by atoms with Crippen LogP contribution in [0.25, 0.3) is 0 Å². The number of hydrogen-bond acceptors (Lipinski definition) is 4. The van der Waals surface area contributed by atoms with E-state index < -0.39 is 5.97 Å². The van der Waals surface area contributed by atoms with Crippen LogP contribution in [-0.4, -0.2) is 23.5 Å². The van der Waals surface area contributed by atoms with Crippen molar-refractivity contribution in [2.75, 3.05) is 17.2 Å². The first-order valence-corrected chi connectivity index (χ1v) is 7.09. The fourth-order valence-electron chi connectivity index (χ4n) is 2.01. The highest BCUT2D eigenvalue weighted by Crippen LogP contribution is 2.33. The summed E-state index contributed by atoms with van der Waals surface area (Å²) in [6.07, 6.45) is 0. The Kier molecular flexibility index (Phi) is 5.57. The van der Waals surface area contributed by atoms with Crippen molar-refractivity contribution in [3.8, 4) is 5.75 Å². The van der Waals surface area contributed by atoms with Crippen LogP contribution >= 0.6 is 0 Å². The Bertz CT molecular complexity index is 686. The zero-order chi connectivity index (χ0) is 16.7. The van der Waals surface area contributed by atoms with Gasteiger partial charge in [0.1, 0.15) is 24.6 Å². The molecule has 3 N–H and O–H groups in total. The first-order chi connectivity index (χ1) is 11.1. The van der Waals surface area contributed by atoms with Crippen LogP contribution in [0.2, 0.25) is 0 Å². The summed E-state index contributed by atoms with van der Waals surface area (Å²) >= 11 is 0. The molecule has 1 amide bonds. The molecule has 0 heterocycles. The van der Waals surface area contributed by atoms with Crippen LogP contribution in [0.4, 0.5) is 11.4 Å². The largest absolute Gasteiger partial charge is 0.487 e. The quantitative estimate of drug-likeness (QED) is 0.731. The molecule has 2 aromatic rings. The molecule has 0 spiro atoms. The molecule has 23 heavy (non-hydrogen) atoms. The summed E-state index contributed by atoms with van der Waals surface area (Å²) in [6.45, 7) is 1.47. The average Bonchev–Trinajstić information content (AvgIpc) is 2.53. The Morgan fingerprint density at radius 2 is 1.83 bits per heavy atom. The number of carboxylic acids is 1. The first-order valence-electron chi connectivity index (χ1n) is 7.09. The number of hydrogen-bond donors (Lipinski definition) is 3. The molecular formula is C17H18N2O4. The third-order valence-corrected chi connectivity index (χ3v) is 2.99. The second-order valence-electron chi connectivity index (χ2n) is 4.88. The summed E-state index contributed by atoms with van der Waals surface area (Å²) in [5, 5.41) is 14.2. The van der Waals surface area contributed by atoms with Crippen LogP contribution < -0.4 is 15.4 Å². The average molecular weight is 314 g/mol. The van der Waals surface area contributed by atoms with Gasteiger partial charge in [-0.2, -0.15) is 0 Å². The maximum Gasteiger partial charge on any atom is 0.322 e. The van der Waals surface area contributed by atoms with Gasteiger partial charge in [0, 0.05) is 6.92 Å². The maximum atomic E-state index is 11.4. The summed E-state index contributed by atoms with van der Waals surface area (Å²) in [5.74, 6) is -0.784. The van der Waals surface area contributed by atoms with Crippen molar-refractivity contribution in [2.45, 2.75) is 13.5 Å². The van der Waals surface area contributed by atoms with Crippen LogP contribution in [0.5, 0.6) is 5.75 Å². The third-order valence-electron chi connectivity index (χ3n) is 2.99. The van der Waals surface area contributed by atoms with Crippen molar-refractivity contribution < 1.29 is 19.4 Å². The fraction of sp³-hybridized carbons (Fsp3) is 0.176. The molecule has 0 radical (unpaired) electrons. The van der Waals surface area contributed by atoms with E-state index in [1.54, 1.807) is 18.2 Å². The predicted molar refractivity (Wildman–Crippen MR) is 87.6 cm³/mol. The standard InChI is InChI=1S/C17H18N2O4/c1-12(20)19-17-14(18-10-16(21)22)8-5-9-15(17)23-11-13-6-3-2-4-7-13/h2-9,18H,10-11H2,1H3,(H,19,20)(H,21,22). The van der Waals surface area contributed by atoms with Gasteiger partial charge in [-0.05, 0) is 17.7 Å². The summed E-state index contributed by atoms with van der Waals surface area (Å²) in [4.78, 5) is 22.1. The number of anilines is 2. The number of carbonyl (C=O) groups is 2. The Morgan fingerprint density at radius 1 is 1.09 bits per heavy atom. The van der Waals surface area contributed by atoms with Crippen molar-refractivity contribution in [3.63, 3.8) is 0 Å². The van der Waals surface area contributed by atoms with Gasteiger partial charge in [0.25, 0.3) is 0 Å². The number of nitrogens with one attached hydrogen (secondary N) is 2. The van der Waals surface area contributed by atoms with E-state index >= 15 is 0 Å². The first kappa shape index (κ1) is 16.4. The molecule has 6 nitrogen and oxygen atoms in total. The molecule has 2 rings (SSSR count). The van der Waals surface area contributed by atoms with Crippen LogP contribution in [-0.2, 0) is 16.2 Å². The second kappa shape index (κ2) is 7.84. The van der Waals surface area contributed by atoms with Gasteiger partial charge in [0.05, 0.1) is 5.69 Å². The monoisotopic (exact) mass is 314 g/mol. The van der Waals surface area contributed by atoms with Gasteiger partial charge in [0.15, 0.2) is 0 Å². The second-order valence-corrected chi connectivity index (χ2v) is 4.88. The summed E-state index contributed by atoms with van der Waals surface area (Å²) in [7, 11) is 0. The summed E-state index contributed by atoms with van der Waals surface area (Å²) < 4.78 is 5.77. The van der Waals surface area contributed by atoms with Gasteiger partial charge in [-0.25, -0.2) is 0 Å². The number of rotatable bonds is 7. The van der Waals surface area contributed by atoms with Crippen molar-refractivity contribution in [1.29, 1.82) is 0 Å². The topological polar surface area (TPSA) is 87.7 Å². The molecule has 0 bridgehead atoms. The normalized spacial score (nSPS) is 9.96. The zero-order valence-electron chi connectivity index (χ0n) is 12.7. The highest BCUT2D eigenvalue weighted by Gasteiger charge is 2.12. The van der Waals surface area contributed by atoms with E-state index in [9.17, 15) is 9.59 Å². The minimum absolute atomic E-state index is 0.255. The Hall–Kier alpha value is -3.02. The van der Waals surface area contributed by atoms with Crippen molar-refractivity contribution >= 4 is 23.3 Å². The molecular weight excluding hydrogens is 296 g/mol. The summed E-state index contributed by atoms with van der Waals surface area (Å²) in [5.41, 5.74) is 1.91. The lowest BCUT2D eigenvalue weighted by atomic mass is 10.2. The SMILES string of the molecule is CC(=O)Nc1c(NCC(=O)O)cccc1OCc1ccccc1. The number of aliphatic carboxylic acids is 1. The van der Waals surface area contributed by atoms with Gasteiger partial charge in [0.2, 0.25) is 5.91 Å². The van der Waals surface area contributed by atoms with E-state index in [1.165, 1.54) is 6.92 Å². The van der Waals surface area contributed by atoms with Gasteiger partial charge >= 0.3 is 5.97 Å². The van der Waals surface area contributed by atoms with Gasteiger partial charge in [-0.15, -0.1) is 0 Å². The number of amides is 1. The summed E-state index contributed by atoms with van der Waals surface area (Å²) in [6, 6.07) is 14.8. The zero-order valence-corrected chi connectivity index (χ0v) is 12.7.